The lowest BCUT2D eigenvalue weighted by Crippen LogP contribution is -2.26. The highest BCUT2D eigenvalue weighted by molar-refractivity contribution is 7.80. The molecule has 1 aromatic rings. The number of thiol groups is 1. The summed E-state index contributed by atoms with van der Waals surface area (Å²) in [4.78, 5) is 12.5. The van der Waals surface area contributed by atoms with Gasteiger partial charge in [-0.1, -0.05) is 6.07 Å². The summed E-state index contributed by atoms with van der Waals surface area (Å²) in [5, 5.41) is 2.82. The Bertz CT molecular complexity index is 352. The van der Waals surface area contributed by atoms with E-state index in [0.717, 1.165) is 16.9 Å². The normalized spacial score (nSPS) is 10.1. The molecular formula is C11H16N2OS. The smallest absolute Gasteiger partial charge is 0.251 e. The molecule has 3 N–H and O–H groups in total. The first-order chi connectivity index (χ1) is 7.15. The molecule has 0 aliphatic heterocycles. The Morgan fingerprint density at radius 2 is 2.27 bits per heavy atom. The molecular weight excluding hydrogens is 208 g/mol. The fourth-order valence-electron chi connectivity index (χ4n) is 1.25. The maximum Gasteiger partial charge on any atom is 0.251 e. The van der Waals surface area contributed by atoms with Crippen molar-refractivity contribution in [2.75, 3.05) is 13.1 Å². The molecule has 0 bridgehead atoms. The topological polar surface area (TPSA) is 55.1 Å². The molecule has 3 nitrogen and oxygen atoms in total. The van der Waals surface area contributed by atoms with Gasteiger partial charge in [0.1, 0.15) is 0 Å². The number of nitrogens with two attached hydrogens (primary N) is 1. The SMILES string of the molecule is Cc1ccc(S)cc1C(=O)NCCCN. The van der Waals surface area contributed by atoms with E-state index in [-0.39, 0.29) is 5.91 Å². The molecule has 0 heterocycles. The fourth-order valence-corrected chi connectivity index (χ4v) is 1.46. The fraction of sp³-hybridized carbons (Fsp3) is 0.364. The van der Waals surface area contributed by atoms with Gasteiger partial charge in [-0.3, -0.25) is 4.79 Å². The van der Waals surface area contributed by atoms with Gasteiger partial charge >= 0.3 is 0 Å². The standard InChI is InChI=1S/C11H16N2OS/c1-8-3-4-9(15)7-10(8)11(14)13-6-2-5-12/h3-4,7,15H,2,5-6,12H2,1H3,(H,13,14). The molecule has 1 rings (SSSR count). The third-order valence-corrected chi connectivity index (χ3v) is 2.41. The Morgan fingerprint density at radius 3 is 2.93 bits per heavy atom. The summed E-state index contributed by atoms with van der Waals surface area (Å²) in [5.74, 6) is -0.0585. The minimum absolute atomic E-state index is 0.0585. The number of carbonyl (C=O) groups excluding carboxylic acids is 1. The minimum atomic E-state index is -0.0585. The molecule has 0 spiro atoms. The molecule has 1 aromatic carbocycles. The van der Waals surface area contributed by atoms with Gasteiger partial charge in [0, 0.05) is 17.0 Å². The summed E-state index contributed by atoms with van der Waals surface area (Å²) in [6, 6.07) is 5.53. The number of amides is 1. The first-order valence-electron chi connectivity index (χ1n) is 4.93. The van der Waals surface area contributed by atoms with E-state index in [4.69, 9.17) is 5.73 Å². The Kier molecular flexibility index (Phi) is 4.65. The average Bonchev–Trinajstić information content (AvgIpc) is 2.22. The summed E-state index contributed by atoms with van der Waals surface area (Å²) < 4.78 is 0. The van der Waals surface area contributed by atoms with E-state index >= 15 is 0 Å². The van der Waals surface area contributed by atoms with E-state index in [1.165, 1.54) is 0 Å². The zero-order chi connectivity index (χ0) is 11.3. The van der Waals surface area contributed by atoms with Crippen LogP contribution in [0.3, 0.4) is 0 Å². The largest absolute Gasteiger partial charge is 0.352 e. The average molecular weight is 224 g/mol. The first kappa shape index (κ1) is 12.1. The molecule has 0 atom stereocenters. The summed E-state index contributed by atoms with van der Waals surface area (Å²) in [6.45, 7) is 3.11. The van der Waals surface area contributed by atoms with Gasteiger partial charge in [0.2, 0.25) is 0 Å². The van der Waals surface area contributed by atoms with E-state index < -0.39 is 0 Å². The van der Waals surface area contributed by atoms with Crippen molar-refractivity contribution in [3.05, 3.63) is 29.3 Å². The number of rotatable bonds is 4. The lowest BCUT2D eigenvalue weighted by Gasteiger charge is -2.07. The van der Waals surface area contributed by atoms with Gasteiger partial charge < -0.3 is 11.1 Å². The molecule has 4 heteroatoms. The van der Waals surface area contributed by atoms with E-state index in [1.54, 1.807) is 6.07 Å². The molecule has 0 aliphatic rings. The predicted octanol–water partition coefficient (Wildman–Crippen LogP) is 1.36. The van der Waals surface area contributed by atoms with Gasteiger partial charge in [0.25, 0.3) is 5.91 Å². The Morgan fingerprint density at radius 1 is 1.53 bits per heavy atom. The summed E-state index contributed by atoms with van der Waals surface area (Å²) in [7, 11) is 0. The van der Waals surface area contributed by atoms with Crippen LogP contribution in [-0.4, -0.2) is 19.0 Å². The highest BCUT2D eigenvalue weighted by Crippen LogP contribution is 2.13. The zero-order valence-corrected chi connectivity index (χ0v) is 9.68. The molecule has 0 saturated heterocycles. The first-order valence-corrected chi connectivity index (χ1v) is 5.37. The van der Waals surface area contributed by atoms with Crippen molar-refractivity contribution in [1.29, 1.82) is 0 Å². The van der Waals surface area contributed by atoms with Crippen LogP contribution in [0, 0.1) is 6.92 Å². The number of carbonyl (C=O) groups is 1. The monoisotopic (exact) mass is 224 g/mol. The summed E-state index contributed by atoms with van der Waals surface area (Å²) in [6.07, 6.45) is 0.797. The maximum atomic E-state index is 11.7. The van der Waals surface area contributed by atoms with Crippen molar-refractivity contribution in [1.82, 2.24) is 5.32 Å². The molecule has 0 saturated carbocycles. The Hall–Kier alpha value is -1.00. The molecule has 0 aromatic heterocycles. The number of hydrogen-bond donors (Lipinski definition) is 3. The van der Waals surface area contributed by atoms with Crippen LogP contribution in [0.25, 0.3) is 0 Å². The zero-order valence-electron chi connectivity index (χ0n) is 8.79. The third-order valence-electron chi connectivity index (χ3n) is 2.13. The van der Waals surface area contributed by atoms with Crippen LogP contribution in [-0.2, 0) is 0 Å². The van der Waals surface area contributed by atoms with Crippen molar-refractivity contribution >= 4 is 18.5 Å². The van der Waals surface area contributed by atoms with E-state index in [0.29, 0.717) is 18.7 Å². The highest BCUT2D eigenvalue weighted by Gasteiger charge is 2.07. The molecule has 1 amide bonds. The number of benzene rings is 1. The molecule has 0 radical (unpaired) electrons. The maximum absolute atomic E-state index is 11.7. The van der Waals surface area contributed by atoms with Gasteiger partial charge in [-0.2, -0.15) is 0 Å². The number of hydrogen-bond acceptors (Lipinski definition) is 3. The van der Waals surface area contributed by atoms with Crippen LogP contribution < -0.4 is 11.1 Å². The lowest BCUT2D eigenvalue weighted by atomic mass is 10.1. The quantitative estimate of drug-likeness (QED) is 0.534. The number of nitrogens with one attached hydrogen (secondary N) is 1. The van der Waals surface area contributed by atoms with E-state index in [1.807, 2.05) is 19.1 Å². The van der Waals surface area contributed by atoms with Crippen LogP contribution in [0.5, 0.6) is 0 Å². The van der Waals surface area contributed by atoms with Crippen LogP contribution in [0.2, 0.25) is 0 Å². The van der Waals surface area contributed by atoms with Crippen molar-refractivity contribution in [2.24, 2.45) is 5.73 Å². The minimum Gasteiger partial charge on any atom is -0.352 e. The van der Waals surface area contributed by atoms with E-state index in [9.17, 15) is 4.79 Å². The van der Waals surface area contributed by atoms with Crippen LogP contribution >= 0.6 is 12.6 Å². The van der Waals surface area contributed by atoms with Gasteiger partial charge in [-0.15, -0.1) is 12.6 Å². The second kappa shape index (κ2) is 5.78. The van der Waals surface area contributed by atoms with Gasteiger partial charge in [-0.05, 0) is 37.6 Å². The Labute approximate surface area is 95.5 Å². The van der Waals surface area contributed by atoms with E-state index in [2.05, 4.69) is 17.9 Å². The molecule has 0 unspecified atom stereocenters. The molecule has 0 aliphatic carbocycles. The predicted molar refractivity (Wildman–Crippen MR) is 64.4 cm³/mol. The Balaban J connectivity index is 2.68. The number of aryl methyl sites for hydroxylation is 1. The van der Waals surface area contributed by atoms with Crippen molar-refractivity contribution in [2.45, 2.75) is 18.2 Å². The lowest BCUT2D eigenvalue weighted by molar-refractivity contribution is 0.0952. The van der Waals surface area contributed by atoms with Crippen LogP contribution in [0.15, 0.2) is 23.1 Å². The molecule has 15 heavy (non-hydrogen) atoms. The van der Waals surface area contributed by atoms with Gasteiger partial charge in [0.05, 0.1) is 0 Å². The highest BCUT2D eigenvalue weighted by atomic mass is 32.1. The van der Waals surface area contributed by atoms with Gasteiger partial charge in [0.15, 0.2) is 0 Å². The van der Waals surface area contributed by atoms with Gasteiger partial charge in [-0.25, -0.2) is 0 Å². The molecule has 0 fully saturated rings. The van der Waals surface area contributed by atoms with Crippen LogP contribution in [0.1, 0.15) is 22.3 Å². The van der Waals surface area contributed by atoms with Crippen molar-refractivity contribution < 1.29 is 4.79 Å². The third kappa shape index (κ3) is 3.57. The van der Waals surface area contributed by atoms with Crippen molar-refractivity contribution in [3.63, 3.8) is 0 Å². The molecule has 82 valence electrons. The summed E-state index contributed by atoms with van der Waals surface area (Å²) >= 11 is 4.21. The second-order valence-corrected chi connectivity index (χ2v) is 3.91. The second-order valence-electron chi connectivity index (χ2n) is 3.40. The van der Waals surface area contributed by atoms with Crippen LogP contribution in [0.4, 0.5) is 0 Å². The van der Waals surface area contributed by atoms with Crippen molar-refractivity contribution in [3.8, 4) is 0 Å². The summed E-state index contributed by atoms with van der Waals surface area (Å²) in [5.41, 5.74) is 6.98.